The molecule has 2 heterocycles. The van der Waals surface area contributed by atoms with Crippen LogP contribution >= 0.6 is 0 Å². The normalized spacial score (nSPS) is 15.1. The average Bonchev–Trinajstić information content (AvgIpc) is 3.18. The fourth-order valence-electron chi connectivity index (χ4n) is 3.03. The Balaban J connectivity index is 1.41. The standard InChI is InChI=1S/C20H22N4O2/c1-2-6-16(7-3-1)20-22-19(23-26-20)14-21-18-9-5-4-8-17(18)15-24-10-12-25-13-11-24/h1-9,21H,10-15H2. The predicted molar refractivity (Wildman–Crippen MR) is 99.6 cm³/mol. The van der Waals surface area contributed by atoms with E-state index in [9.17, 15) is 0 Å². The lowest BCUT2D eigenvalue weighted by Gasteiger charge is -2.27. The third-order valence-corrected chi connectivity index (χ3v) is 4.44. The van der Waals surface area contributed by atoms with Gasteiger partial charge < -0.3 is 14.6 Å². The number of nitrogens with one attached hydrogen (secondary N) is 1. The van der Waals surface area contributed by atoms with Crippen LogP contribution in [0.15, 0.2) is 59.1 Å². The number of morpholine rings is 1. The number of rotatable bonds is 6. The summed E-state index contributed by atoms with van der Waals surface area (Å²) < 4.78 is 10.8. The first-order valence-electron chi connectivity index (χ1n) is 8.88. The van der Waals surface area contributed by atoms with Crippen molar-refractivity contribution in [3.8, 4) is 11.5 Å². The number of anilines is 1. The highest BCUT2D eigenvalue weighted by atomic mass is 16.5. The van der Waals surface area contributed by atoms with Gasteiger partial charge in [-0.15, -0.1) is 0 Å². The lowest BCUT2D eigenvalue weighted by Crippen LogP contribution is -2.35. The van der Waals surface area contributed by atoms with Gasteiger partial charge in [-0.1, -0.05) is 41.6 Å². The molecule has 2 aromatic carbocycles. The van der Waals surface area contributed by atoms with Gasteiger partial charge in [-0.3, -0.25) is 4.90 Å². The van der Waals surface area contributed by atoms with Crippen molar-refractivity contribution in [3.63, 3.8) is 0 Å². The zero-order valence-electron chi connectivity index (χ0n) is 14.6. The molecule has 26 heavy (non-hydrogen) atoms. The van der Waals surface area contributed by atoms with Crippen LogP contribution < -0.4 is 5.32 Å². The van der Waals surface area contributed by atoms with Crippen LogP contribution in [0.3, 0.4) is 0 Å². The van der Waals surface area contributed by atoms with E-state index < -0.39 is 0 Å². The summed E-state index contributed by atoms with van der Waals surface area (Å²) in [6.45, 7) is 4.99. The Morgan fingerprint density at radius 1 is 0.962 bits per heavy atom. The zero-order chi connectivity index (χ0) is 17.6. The number of hydrogen-bond donors (Lipinski definition) is 1. The van der Waals surface area contributed by atoms with E-state index in [0.717, 1.165) is 44.1 Å². The van der Waals surface area contributed by atoms with Gasteiger partial charge in [0.05, 0.1) is 19.8 Å². The summed E-state index contributed by atoms with van der Waals surface area (Å²) in [5.41, 5.74) is 3.30. The maximum Gasteiger partial charge on any atom is 0.257 e. The summed E-state index contributed by atoms with van der Waals surface area (Å²) in [5.74, 6) is 1.19. The molecule has 1 saturated heterocycles. The molecule has 6 nitrogen and oxygen atoms in total. The Bertz CT molecular complexity index is 829. The molecule has 0 bridgehead atoms. The van der Waals surface area contributed by atoms with Crippen molar-refractivity contribution in [3.05, 3.63) is 66.0 Å². The van der Waals surface area contributed by atoms with Gasteiger partial charge in [-0.05, 0) is 23.8 Å². The Morgan fingerprint density at radius 2 is 1.73 bits per heavy atom. The van der Waals surface area contributed by atoms with E-state index in [1.165, 1.54) is 5.56 Å². The lowest BCUT2D eigenvalue weighted by molar-refractivity contribution is 0.0342. The van der Waals surface area contributed by atoms with E-state index in [-0.39, 0.29) is 0 Å². The van der Waals surface area contributed by atoms with Crippen LogP contribution in [-0.2, 0) is 17.8 Å². The van der Waals surface area contributed by atoms with Crippen LogP contribution in [0.1, 0.15) is 11.4 Å². The fraction of sp³-hybridized carbons (Fsp3) is 0.300. The summed E-state index contributed by atoms with van der Waals surface area (Å²) >= 11 is 0. The maximum absolute atomic E-state index is 5.43. The van der Waals surface area contributed by atoms with Gasteiger partial charge in [0, 0.05) is 30.9 Å². The highest BCUT2D eigenvalue weighted by Crippen LogP contribution is 2.20. The van der Waals surface area contributed by atoms with Crippen LogP contribution in [0.4, 0.5) is 5.69 Å². The summed E-state index contributed by atoms with van der Waals surface area (Å²) in [4.78, 5) is 6.88. The van der Waals surface area contributed by atoms with Crippen LogP contribution in [0.5, 0.6) is 0 Å². The van der Waals surface area contributed by atoms with Crippen molar-refractivity contribution in [1.82, 2.24) is 15.0 Å². The molecule has 1 N–H and O–H groups in total. The third kappa shape index (κ3) is 4.09. The van der Waals surface area contributed by atoms with Crippen molar-refractivity contribution in [2.75, 3.05) is 31.6 Å². The minimum atomic E-state index is 0.524. The molecular weight excluding hydrogens is 328 g/mol. The van der Waals surface area contributed by atoms with Crippen LogP contribution in [0, 0.1) is 0 Å². The topological polar surface area (TPSA) is 63.4 Å². The summed E-state index contributed by atoms with van der Waals surface area (Å²) in [5, 5.41) is 7.52. The van der Waals surface area contributed by atoms with Gasteiger partial charge in [-0.2, -0.15) is 4.98 Å². The molecule has 0 unspecified atom stereocenters. The van der Waals surface area contributed by atoms with E-state index in [4.69, 9.17) is 9.26 Å². The quantitative estimate of drug-likeness (QED) is 0.737. The van der Waals surface area contributed by atoms with Crippen molar-refractivity contribution in [2.24, 2.45) is 0 Å². The van der Waals surface area contributed by atoms with E-state index in [0.29, 0.717) is 18.3 Å². The molecule has 4 rings (SSSR count). The molecule has 1 aliphatic heterocycles. The Kier molecular flexibility index (Phi) is 5.23. The zero-order valence-corrected chi connectivity index (χ0v) is 14.6. The molecule has 1 aromatic heterocycles. The Hall–Kier alpha value is -2.70. The number of para-hydroxylation sites is 1. The molecule has 134 valence electrons. The smallest absolute Gasteiger partial charge is 0.257 e. The second kappa shape index (κ2) is 8.12. The van der Waals surface area contributed by atoms with Gasteiger partial charge >= 0.3 is 0 Å². The number of nitrogens with zero attached hydrogens (tertiary/aromatic N) is 3. The van der Waals surface area contributed by atoms with E-state index in [2.05, 4.69) is 38.6 Å². The molecular formula is C20H22N4O2. The summed E-state index contributed by atoms with van der Waals surface area (Å²) in [7, 11) is 0. The lowest BCUT2D eigenvalue weighted by atomic mass is 10.1. The highest BCUT2D eigenvalue weighted by molar-refractivity contribution is 5.53. The van der Waals surface area contributed by atoms with Gasteiger partial charge in [0.15, 0.2) is 5.82 Å². The van der Waals surface area contributed by atoms with Gasteiger partial charge in [0.1, 0.15) is 0 Å². The SMILES string of the molecule is c1ccc(-c2nc(CNc3ccccc3CN3CCOCC3)no2)cc1. The van der Waals surface area contributed by atoms with Crippen LogP contribution in [0.2, 0.25) is 0 Å². The van der Waals surface area contributed by atoms with Gasteiger partial charge in [-0.25, -0.2) is 0 Å². The van der Waals surface area contributed by atoms with Crippen molar-refractivity contribution in [2.45, 2.75) is 13.1 Å². The van der Waals surface area contributed by atoms with Crippen LogP contribution in [0.25, 0.3) is 11.5 Å². The summed E-state index contributed by atoms with van der Waals surface area (Å²) in [6, 6.07) is 18.2. The largest absolute Gasteiger partial charge is 0.379 e. The van der Waals surface area contributed by atoms with Crippen molar-refractivity contribution >= 4 is 5.69 Å². The molecule has 3 aromatic rings. The monoisotopic (exact) mass is 350 g/mol. The minimum Gasteiger partial charge on any atom is -0.379 e. The van der Waals surface area contributed by atoms with E-state index >= 15 is 0 Å². The summed E-state index contributed by atoms with van der Waals surface area (Å²) in [6.07, 6.45) is 0. The third-order valence-electron chi connectivity index (χ3n) is 4.44. The molecule has 6 heteroatoms. The Labute approximate surface area is 152 Å². The van der Waals surface area contributed by atoms with Gasteiger partial charge in [0.2, 0.25) is 0 Å². The number of benzene rings is 2. The number of ether oxygens (including phenoxy) is 1. The van der Waals surface area contributed by atoms with Crippen molar-refractivity contribution < 1.29 is 9.26 Å². The van der Waals surface area contributed by atoms with E-state index in [1.54, 1.807) is 0 Å². The first-order chi connectivity index (χ1) is 12.9. The Morgan fingerprint density at radius 3 is 2.58 bits per heavy atom. The number of aromatic nitrogens is 2. The molecule has 0 aliphatic carbocycles. The number of hydrogen-bond acceptors (Lipinski definition) is 6. The molecule has 0 amide bonds. The predicted octanol–water partition coefficient (Wildman–Crippen LogP) is 3.18. The molecule has 1 fully saturated rings. The highest BCUT2D eigenvalue weighted by Gasteiger charge is 2.13. The minimum absolute atomic E-state index is 0.524. The first kappa shape index (κ1) is 16.8. The van der Waals surface area contributed by atoms with Crippen LogP contribution in [-0.4, -0.2) is 41.3 Å². The molecule has 1 aliphatic rings. The van der Waals surface area contributed by atoms with Crippen molar-refractivity contribution in [1.29, 1.82) is 0 Å². The fourth-order valence-corrected chi connectivity index (χ4v) is 3.03. The maximum atomic E-state index is 5.43. The second-order valence-electron chi connectivity index (χ2n) is 6.28. The van der Waals surface area contributed by atoms with Gasteiger partial charge in [0.25, 0.3) is 5.89 Å². The molecule has 0 radical (unpaired) electrons. The van der Waals surface area contributed by atoms with E-state index in [1.807, 2.05) is 36.4 Å². The molecule has 0 atom stereocenters. The molecule has 0 saturated carbocycles. The molecule has 0 spiro atoms. The first-order valence-corrected chi connectivity index (χ1v) is 8.88. The second-order valence-corrected chi connectivity index (χ2v) is 6.28. The average molecular weight is 350 g/mol.